The van der Waals surface area contributed by atoms with Crippen LogP contribution in [0, 0.1) is 11.8 Å². The number of nitrogens with one attached hydrogen (secondary N) is 1. The highest BCUT2D eigenvalue weighted by molar-refractivity contribution is 5.23. The zero-order chi connectivity index (χ0) is 14.4. The Morgan fingerprint density at radius 2 is 2.00 bits per heavy atom. The molecule has 1 N–H and O–H groups in total. The van der Waals surface area contributed by atoms with Crippen molar-refractivity contribution in [2.24, 2.45) is 11.8 Å². The highest BCUT2D eigenvalue weighted by atomic mass is 16.5. The zero-order valence-electron chi connectivity index (χ0n) is 12.9. The van der Waals surface area contributed by atoms with E-state index in [2.05, 4.69) is 29.1 Å². The summed E-state index contributed by atoms with van der Waals surface area (Å²) in [6.07, 6.45) is 8.57. The number of hydrogen-bond donors (Lipinski definition) is 1. The van der Waals surface area contributed by atoms with Crippen molar-refractivity contribution in [3.63, 3.8) is 0 Å². The maximum atomic E-state index is 5.40. The molecule has 4 nitrogen and oxygen atoms in total. The Balaban J connectivity index is 2.06. The standard InChI is InChI=1S/C16H27N3O/c1-12(2)10-17-11-13-6-4-5-7-14(13)15-16(20-3)19-9-8-18-15/h8-9,12-14,17H,4-7,10-11H2,1-3H3. The first-order chi connectivity index (χ1) is 9.72. The van der Waals surface area contributed by atoms with Gasteiger partial charge >= 0.3 is 0 Å². The molecule has 1 heterocycles. The molecule has 1 aromatic heterocycles. The van der Waals surface area contributed by atoms with Crippen LogP contribution in [-0.4, -0.2) is 30.2 Å². The number of ether oxygens (including phenoxy) is 1. The van der Waals surface area contributed by atoms with Crippen LogP contribution in [0.15, 0.2) is 12.4 Å². The van der Waals surface area contributed by atoms with Crippen molar-refractivity contribution >= 4 is 0 Å². The Kier molecular flexibility index (Phi) is 5.77. The molecule has 0 radical (unpaired) electrons. The van der Waals surface area contributed by atoms with Crippen molar-refractivity contribution in [1.29, 1.82) is 0 Å². The molecule has 1 aliphatic rings. The summed E-state index contributed by atoms with van der Waals surface area (Å²) in [7, 11) is 1.68. The maximum absolute atomic E-state index is 5.40. The van der Waals surface area contributed by atoms with E-state index in [0.717, 1.165) is 18.8 Å². The highest BCUT2D eigenvalue weighted by Crippen LogP contribution is 2.39. The lowest BCUT2D eigenvalue weighted by atomic mass is 9.77. The van der Waals surface area contributed by atoms with E-state index in [1.54, 1.807) is 19.5 Å². The van der Waals surface area contributed by atoms with Gasteiger partial charge in [-0.15, -0.1) is 0 Å². The van der Waals surface area contributed by atoms with E-state index in [1.165, 1.54) is 25.7 Å². The van der Waals surface area contributed by atoms with Gasteiger partial charge in [0, 0.05) is 18.3 Å². The SMILES string of the molecule is COc1nccnc1C1CCCCC1CNCC(C)C. The minimum absolute atomic E-state index is 0.479. The van der Waals surface area contributed by atoms with Gasteiger partial charge in [-0.1, -0.05) is 26.7 Å². The predicted octanol–water partition coefficient (Wildman–Crippen LogP) is 3.00. The quantitative estimate of drug-likeness (QED) is 0.868. The molecule has 0 saturated heterocycles. The fraction of sp³-hybridized carbons (Fsp3) is 0.750. The smallest absolute Gasteiger partial charge is 0.235 e. The number of hydrogen-bond acceptors (Lipinski definition) is 4. The number of aromatic nitrogens is 2. The van der Waals surface area contributed by atoms with Crippen LogP contribution >= 0.6 is 0 Å². The van der Waals surface area contributed by atoms with E-state index in [0.29, 0.717) is 23.6 Å². The minimum atomic E-state index is 0.479. The van der Waals surface area contributed by atoms with Crippen LogP contribution in [0.1, 0.15) is 51.1 Å². The molecule has 0 aromatic carbocycles. The topological polar surface area (TPSA) is 47.0 Å². The van der Waals surface area contributed by atoms with Crippen LogP contribution in [0.2, 0.25) is 0 Å². The van der Waals surface area contributed by atoms with Crippen molar-refractivity contribution in [1.82, 2.24) is 15.3 Å². The molecular formula is C16H27N3O. The number of rotatable bonds is 6. The lowest BCUT2D eigenvalue weighted by Gasteiger charge is -2.32. The number of nitrogens with zero attached hydrogens (tertiary/aromatic N) is 2. The summed E-state index contributed by atoms with van der Waals surface area (Å²) in [5.74, 6) is 2.52. The van der Waals surface area contributed by atoms with Gasteiger partial charge in [0.25, 0.3) is 0 Å². The van der Waals surface area contributed by atoms with Gasteiger partial charge < -0.3 is 10.1 Å². The molecule has 1 saturated carbocycles. The lowest BCUT2D eigenvalue weighted by Crippen LogP contribution is -2.32. The second-order valence-electron chi connectivity index (χ2n) is 6.15. The normalized spacial score (nSPS) is 23.0. The zero-order valence-corrected chi connectivity index (χ0v) is 12.9. The molecule has 1 aliphatic carbocycles. The first-order valence-electron chi connectivity index (χ1n) is 7.78. The van der Waals surface area contributed by atoms with E-state index in [9.17, 15) is 0 Å². The van der Waals surface area contributed by atoms with Gasteiger partial charge in [0.15, 0.2) is 0 Å². The average Bonchev–Trinajstić information content (AvgIpc) is 2.47. The molecule has 2 rings (SSSR count). The van der Waals surface area contributed by atoms with Gasteiger partial charge in [-0.05, 0) is 37.8 Å². The van der Waals surface area contributed by atoms with Crippen molar-refractivity contribution in [3.05, 3.63) is 18.1 Å². The Hall–Kier alpha value is -1.16. The van der Waals surface area contributed by atoms with Crippen LogP contribution in [0.3, 0.4) is 0 Å². The largest absolute Gasteiger partial charge is 0.480 e. The summed E-state index contributed by atoms with van der Waals surface area (Å²) in [5, 5.41) is 3.60. The average molecular weight is 277 g/mol. The first kappa shape index (κ1) is 15.2. The molecule has 0 aliphatic heterocycles. The monoisotopic (exact) mass is 277 g/mol. The maximum Gasteiger partial charge on any atom is 0.235 e. The molecule has 0 spiro atoms. The molecular weight excluding hydrogens is 250 g/mol. The molecule has 20 heavy (non-hydrogen) atoms. The van der Waals surface area contributed by atoms with Crippen LogP contribution in [-0.2, 0) is 0 Å². The summed E-state index contributed by atoms with van der Waals surface area (Å²) in [5.41, 5.74) is 1.05. The first-order valence-corrected chi connectivity index (χ1v) is 7.78. The second kappa shape index (κ2) is 7.58. The van der Waals surface area contributed by atoms with Crippen LogP contribution in [0.25, 0.3) is 0 Å². The van der Waals surface area contributed by atoms with Crippen LogP contribution in [0.5, 0.6) is 5.88 Å². The summed E-state index contributed by atoms with van der Waals surface area (Å²) in [6, 6.07) is 0. The van der Waals surface area contributed by atoms with E-state index in [4.69, 9.17) is 4.74 Å². The minimum Gasteiger partial charge on any atom is -0.480 e. The van der Waals surface area contributed by atoms with Crippen molar-refractivity contribution in [3.8, 4) is 5.88 Å². The summed E-state index contributed by atoms with van der Waals surface area (Å²) >= 11 is 0. The summed E-state index contributed by atoms with van der Waals surface area (Å²) in [4.78, 5) is 8.86. The second-order valence-corrected chi connectivity index (χ2v) is 6.15. The summed E-state index contributed by atoms with van der Waals surface area (Å²) < 4.78 is 5.40. The Labute approximate surface area is 122 Å². The molecule has 112 valence electrons. The molecule has 2 atom stereocenters. The Morgan fingerprint density at radius 1 is 1.25 bits per heavy atom. The molecule has 0 bridgehead atoms. The van der Waals surface area contributed by atoms with Gasteiger partial charge in [0.1, 0.15) is 5.69 Å². The predicted molar refractivity (Wildman–Crippen MR) is 81.0 cm³/mol. The molecule has 4 heteroatoms. The Bertz CT molecular complexity index is 408. The van der Waals surface area contributed by atoms with E-state index < -0.39 is 0 Å². The Morgan fingerprint density at radius 3 is 2.75 bits per heavy atom. The molecule has 2 unspecified atom stereocenters. The summed E-state index contributed by atoms with van der Waals surface area (Å²) in [6.45, 7) is 6.65. The third kappa shape index (κ3) is 3.92. The van der Waals surface area contributed by atoms with Gasteiger partial charge in [-0.25, -0.2) is 4.98 Å². The fourth-order valence-electron chi connectivity index (χ4n) is 3.12. The van der Waals surface area contributed by atoms with Gasteiger partial charge in [0.05, 0.1) is 7.11 Å². The van der Waals surface area contributed by atoms with Crippen molar-refractivity contribution in [2.45, 2.75) is 45.4 Å². The van der Waals surface area contributed by atoms with Gasteiger partial charge in [-0.3, -0.25) is 4.98 Å². The molecule has 0 amide bonds. The third-order valence-corrected chi connectivity index (χ3v) is 4.10. The lowest BCUT2D eigenvalue weighted by molar-refractivity contribution is 0.277. The van der Waals surface area contributed by atoms with E-state index in [-0.39, 0.29) is 0 Å². The van der Waals surface area contributed by atoms with Gasteiger partial charge in [0.2, 0.25) is 5.88 Å². The van der Waals surface area contributed by atoms with Crippen molar-refractivity contribution < 1.29 is 4.74 Å². The molecule has 1 fully saturated rings. The van der Waals surface area contributed by atoms with Crippen LogP contribution < -0.4 is 10.1 Å². The van der Waals surface area contributed by atoms with Gasteiger partial charge in [-0.2, -0.15) is 0 Å². The third-order valence-electron chi connectivity index (χ3n) is 4.10. The van der Waals surface area contributed by atoms with Crippen molar-refractivity contribution in [2.75, 3.05) is 20.2 Å². The highest BCUT2D eigenvalue weighted by Gasteiger charge is 2.29. The van der Waals surface area contributed by atoms with E-state index >= 15 is 0 Å². The van der Waals surface area contributed by atoms with Crippen LogP contribution in [0.4, 0.5) is 0 Å². The fourth-order valence-corrected chi connectivity index (χ4v) is 3.12. The number of methoxy groups -OCH3 is 1. The molecule has 1 aromatic rings. The van der Waals surface area contributed by atoms with E-state index in [1.807, 2.05) is 0 Å².